The average Bonchev–Trinajstić information content (AvgIpc) is 2.89. The molecule has 0 aromatic heterocycles. The number of esters is 1. The number of rotatable bonds is 9. The fourth-order valence-electron chi connectivity index (χ4n) is 4.58. The molecule has 40 heavy (non-hydrogen) atoms. The molecule has 0 aliphatic carbocycles. The zero-order chi connectivity index (χ0) is 29.1. The molecule has 0 fully saturated rings. The van der Waals surface area contributed by atoms with Gasteiger partial charge in [0.15, 0.2) is 0 Å². The maximum Gasteiger partial charge on any atom is 0.308 e. The lowest BCUT2D eigenvalue weighted by molar-refractivity contribution is -0.132. The summed E-state index contributed by atoms with van der Waals surface area (Å²) >= 11 is 0. The van der Waals surface area contributed by atoms with Gasteiger partial charge in [0.25, 0.3) is 0 Å². The van der Waals surface area contributed by atoms with Crippen LogP contribution in [0.15, 0.2) is 59.8 Å². The van der Waals surface area contributed by atoms with Gasteiger partial charge in [-0.25, -0.2) is 8.42 Å². The Labute approximate surface area is 235 Å². The molecular weight excluding hydrogens is 532 g/mol. The third-order valence-corrected chi connectivity index (χ3v) is 7.17. The molecule has 0 radical (unpaired) electrons. The zero-order valence-corrected chi connectivity index (χ0v) is 24.3. The molecular formula is C30H34N2O7S. The number of hydrogen-bond acceptors (Lipinski definition) is 8. The molecule has 1 N–H and O–H groups in total. The summed E-state index contributed by atoms with van der Waals surface area (Å²) in [6.45, 7) is 9.48. The molecule has 3 aromatic rings. The van der Waals surface area contributed by atoms with Crippen molar-refractivity contribution in [2.24, 2.45) is 5.16 Å². The standard InChI is InChI=1S/C30H34N2O7S/c1-19-20(2)29-27(21(3)28(19)38-22(4)33)26(31-37-17-23-10-8-7-9-11-23)16-30(5,39-29)18-36-25-14-12-24(13-15-25)32-40(6,34)35/h7-15,32H,16-18H2,1-6H3. The Balaban J connectivity index is 1.64. The molecule has 1 atom stereocenters. The lowest BCUT2D eigenvalue weighted by Gasteiger charge is -2.38. The van der Waals surface area contributed by atoms with Gasteiger partial charge in [-0.15, -0.1) is 0 Å². The Morgan fingerprint density at radius 2 is 1.70 bits per heavy atom. The Hall–Kier alpha value is -4.05. The molecule has 1 heterocycles. The normalized spacial score (nSPS) is 17.5. The third kappa shape index (κ3) is 6.93. The number of carbonyl (C=O) groups excluding carboxylic acids is 1. The van der Waals surface area contributed by atoms with Gasteiger partial charge in [0.2, 0.25) is 10.0 Å². The Kier molecular flexibility index (Phi) is 8.39. The van der Waals surface area contributed by atoms with Crippen molar-refractivity contribution in [2.75, 3.05) is 17.6 Å². The summed E-state index contributed by atoms with van der Waals surface area (Å²) in [5.74, 6) is 1.28. The highest BCUT2D eigenvalue weighted by molar-refractivity contribution is 7.92. The second-order valence-electron chi connectivity index (χ2n) is 10.2. The zero-order valence-electron chi connectivity index (χ0n) is 23.5. The molecule has 0 saturated carbocycles. The van der Waals surface area contributed by atoms with Crippen LogP contribution in [0.25, 0.3) is 0 Å². The van der Waals surface area contributed by atoms with E-state index in [9.17, 15) is 13.2 Å². The van der Waals surface area contributed by atoms with Crippen LogP contribution in [0, 0.1) is 20.8 Å². The molecule has 9 nitrogen and oxygen atoms in total. The largest absolute Gasteiger partial charge is 0.489 e. The van der Waals surface area contributed by atoms with E-state index in [-0.39, 0.29) is 6.61 Å². The number of sulfonamides is 1. The van der Waals surface area contributed by atoms with Crippen molar-refractivity contribution in [2.45, 2.75) is 53.2 Å². The van der Waals surface area contributed by atoms with Crippen LogP contribution >= 0.6 is 0 Å². The molecule has 10 heteroatoms. The topological polar surface area (TPSA) is 113 Å². The predicted octanol–water partition coefficient (Wildman–Crippen LogP) is 5.45. The van der Waals surface area contributed by atoms with Crippen LogP contribution in [0.3, 0.4) is 0 Å². The van der Waals surface area contributed by atoms with Gasteiger partial charge in [0, 0.05) is 30.2 Å². The van der Waals surface area contributed by atoms with Gasteiger partial charge < -0.3 is 19.0 Å². The van der Waals surface area contributed by atoms with E-state index < -0.39 is 21.6 Å². The van der Waals surface area contributed by atoms with E-state index in [4.69, 9.17) is 19.0 Å². The minimum absolute atomic E-state index is 0.187. The molecule has 0 bridgehead atoms. The van der Waals surface area contributed by atoms with Crippen LogP contribution in [0.4, 0.5) is 5.69 Å². The smallest absolute Gasteiger partial charge is 0.308 e. The Morgan fingerprint density at radius 3 is 2.33 bits per heavy atom. The van der Waals surface area contributed by atoms with E-state index >= 15 is 0 Å². The number of benzene rings is 3. The number of fused-ring (bicyclic) bond motifs is 1. The van der Waals surface area contributed by atoms with E-state index in [2.05, 4.69) is 9.88 Å². The lowest BCUT2D eigenvalue weighted by atomic mass is 9.86. The van der Waals surface area contributed by atoms with Gasteiger partial charge in [-0.05, 0) is 68.7 Å². The molecule has 1 aliphatic heterocycles. The van der Waals surface area contributed by atoms with E-state index in [0.717, 1.165) is 34.1 Å². The van der Waals surface area contributed by atoms with Gasteiger partial charge in [-0.2, -0.15) is 0 Å². The van der Waals surface area contributed by atoms with Crippen LogP contribution in [0.5, 0.6) is 17.2 Å². The van der Waals surface area contributed by atoms with Crippen molar-refractivity contribution in [3.05, 3.63) is 82.4 Å². The monoisotopic (exact) mass is 566 g/mol. The van der Waals surface area contributed by atoms with Crippen LogP contribution < -0.4 is 18.9 Å². The molecule has 1 aliphatic rings. The maximum atomic E-state index is 11.9. The molecule has 3 aromatic carbocycles. The molecule has 4 rings (SSSR count). The highest BCUT2D eigenvalue weighted by Gasteiger charge is 2.40. The highest BCUT2D eigenvalue weighted by Crippen LogP contribution is 2.44. The Bertz CT molecular complexity index is 1530. The van der Waals surface area contributed by atoms with E-state index in [1.165, 1.54) is 6.92 Å². The minimum atomic E-state index is -3.37. The van der Waals surface area contributed by atoms with Crippen LogP contribution in [0.1, 0.15) is 48.1 Å². The Morgan fingerprint density at radius 1 is 1.02 bits per heavy atom. The number of oxime groups is 1. The first-order chi connectivity index (χ1) is 18.8. The first-order valence-corrected chi connectivity index (χ1v) is 14.7. The lowest BCUT2D eigenvalue weighted by Crippen LogP contribution is -2.45. The fraction of sp³-hybridized carbons (Fsp3) is 0.333. The van der Waals surface area contributed by atoms with E-state index in [0.29, 0.717) is 41.7 Å². The van der Waals surface area contributed by atoms with Crippen LogP contribution in [0.2, 0.25) is 0 Å². The molecule has 0 saturated heterocycles. The van der Waals surface area contributed by atoms with Gasteiger partial charge in [-0.3, -0.25) is 9.52 Å². The molecule has 0 spiro atoms. The first kappa shape index (κ1) is 28.9. The quantitative estimate of drug-likeness (QED) is 0.208. The highest BCUT2D eigenvalue weighted by atomic mass is 32.2. The van der Waals surface area contributed by atoms with Crippen molar-refractivity contribution in [1.29, 1.82) is 0 Å². The van der Waals surface area contributed by atoms with Gasteiger partial charge in [0.1, 0.15) is 36.1 Å². The molecule has 1 unspecified atom stereocenters. The summed E-state index contributed by atoms with van der Waals surface area (Å²) < 4.78 is 43.7. The average molecular weight is 567 g/mol. The number of carbonyl (C=O) groups is 1. The fourth-order valence-corrected chi connectivity index (χ4v) is 5.14. The van der Waals surface area contributed by atoms with E-state index in [1.807, 2.05) is 58.0 Å². The predicted molar refractivity (Wildman–Crippen MR) is 154 cm³/mol. The van der Waals surface area contributed by atoms with Gasteiger partial charge in [0.05, 0.1) is 12.0 Å². The van der Waals surface area contributed by atoms with Gasteiger partial charge >= 0.3 is 5.97 Å². The van der Waals surface area contributed by atoms with Crippen molar-refractivity contribution in [3.63, 3.8) is 0 Å². The van der Waals surface area contributed by atoms with Crippen LogP contribution in [-0.4, -0.2) is 38.6 Å². The summed E-state index contributed by atoms with van der Waals surface area (Å²) in [6.07, 6.45) is 1.46. The van der Waals surface area contributed by atoms with Gasteiger partial charge in [-0.1, -0.05) is 35.5 Å². The molecule has 0 amide bonds. The SMILES string of the molecule is CC(=O)Oc1c(C)c(C)c2c(c1C)C(=NOCc1ccccc1)CC(C)(COc1ccc(NS(C)(=O)=O)cc1)O2. The summed E-state index contributed by atoms with van der Waals surface area (Å²) in [6, 6.07) is 16.4. The summed E-state index contributed by atoms with van der Waals surface area (Å²) in [5, 5.41) is 4.54. The number of nitrogens with zero attached hydrogens (tertiary/aromatic N) is 1. The van der Waals surface area contributed by atoms with Crippen molar-refractivity contribution in [3.8, 4) is 17.2 Å². The minimum Gasteiger partial charge on any atom is -0.489 e. The second-order valence-corrected chi connectivity index (χ2v) is 12.0. The molecule has 212 valence electrons. The summed E-state index contributed by atoms with van der Waals surface area (Å²) in [5.41, 5.74) is 4.39. The van der Waals surface area contributed by atoms with Crippen molar-refractivity contribution in [1.82, 2.24) is 0 Å². The number of hydrogen-bond donors (Lipinski definition) is 1. The van der Waals surface area contributed by atoms with Crippen LogP contribution in [-0.2, 0) is 26.3 Å². The number of ether oxygens (including phenoxy) is 3. The summed E-state index contributed by atoms with van der Waals surface area (Å²) in [7, 11) is -3.37. The number of nitrogens with one attached hydrogen (secondary N) is 1. The maximum absolute atomic E-state index is 11.9. The second kappa shape index (κ2) is 11.6. The number of anilines is 1. The van der Waals surface area contributed by atoms with Crippen molar-refractivity contribution < 1.29 is 32.3 Å². The first-order valence-electron chi connectivity index (χ1n) is 12.8. The third-order valence-electron chi connectivity index (χ3n) is 6.56. The van der Waals surface area contributed by atoms with E-state index in [1.54, 1.807) is 24.3 Å². The summed E-state index contributed by atoms with van der Waals surface area (Å²) in [4.78, 5) is 17.7. The van der Waals surface area contributed by atoms with Crippen molar-refractivity contribution >= 4 is 27.4 Å².